The number of aryl methyl sites for hydroxylation is 2. The Labute approximate surface area is 118 Å². The molecule has 0 aliphatic carbocycles. The van der Waals surface area contributed by atoms with Crippen molar-refractivity contribution >= 4 is 5.91 Å². The summed E-state index contributed by atoms with van der Waals surface area (Å²) < 4.78 is 1.97. The zero-order valence-corrected chi connectivity index (χ0v) is 11.8. The van der Waals surface area contributed by atoms with Crippen LogP contribution in [0.1, 0.15) is 33.9 Å². The fourth-order valence-electron chi connectivity index (χ4n) is 2.66. The Balaban J connectivity index is 1.74. The molecular weight excluding hydrogens is 252 g/mol. The van der Waals surface area contributed by atoms with Gasteiger partial charge in [0.1, 0.15) is 0 Å². The van der Waals surface area contributed by atoms with Crippen LogP contribution in [0.25, 0.3) is 0 Å². The molecule has 0 N–H and O–H groups in total. The van der Waals surface area contributed by atoms with Crippen molar-refractivity contribution in [1.82, 2.24) is 19.7 Å². The van der Waals surface area contributed by atoms with Crippen molar-refractivity contribution in [1.29, 1.82) is 0 Å². The van der Waals surface area contributed by atoms with E-state index in [0.717, 1.165) is 36.2 Å². The van der Waals surface area contributed by atoms with Gasteiger partial charge in [0.25, 0.3) is 5.91 Å². The predicted octanol–water partition coefficient (Wildman–Crippen LogP) is 1.98. The summed E-state index contributed by atoms with van der Waals surface area (Å²) in [4.78, 5) is 18.5. The molecule has 1 fully saturated rings. The van der Waals surface area contributed by atoms with Crippen LogP contribution in [0.2, 0.25) is 0 Å². The molecule has 0 saturated carbocycles. The molecule has 1 amide bonds. The maximum absolute atomic E-state index is 12.5. The van der Waals surface area contributed by atoms with E-state index in [1.54, 1.807) is 18.5 Å². The van der Waals surface area contributed by atoms with E-state index in [9.17, 15) is 4.79 Å². The molecule has 3 heterocycles. The molecule has 3 rings (SSSR count). The van der Waals surface area contributed by atoms with Gasteiger partial charge in [-0.05, 0) is 37.5 Å². The highest BCUT2D eigenvalue weighted by molar-refractivity contribution is 5.95. The molecule has 1 unspecified atom stereocenters. The quantitative estimate of drug-likeness (QED) is 0.838. The standard InChI is InChI=1S/C15H18N4O/c1-11-7-17-19(9-11)13-4-6-18(10-13)15(20)14-3-5-16-8-12(14)2/h3,5,7-9,13H,4,6,10H2,1-2H3. The molecule has 5 nitrogen and oxygen atoms in total. The van der Waals surface area contributed by atoms with E-state index < -0.39 is 0 Å². The fourth-order valence-corrected chi connectivity index (χ4v) is 2.66. The number of likely N-dealkylation sites (tertiary alicyclic amines) is 1. The third-order valence-electron chi connectivity index (χ3n) is 3.81. The second-order valence-corrected chi connectivity index (χ2v) is 5.38. The molecule has 1 atom stereocenters. The SMILES string of the molecule is Cc1cnn(C2CCN(C(=O)c3ccncc3C)C2)c1. The summed E-state index contributed by atoms with van der Waals surface area (Å²) >= 11 is 0. The van der Waals surface area contributed by atoms with Crippen molar-refractivity contribution in [3.8, 4) is 0 Å². The van der Waals surface area contributed by atoms with Gasteiger partial charge in [-0.25, -0.2) is 0 Å². The summed E-state index contributed by atoms with van der Waals surface area (Å²) in [5.41, 5.74) is 2.83. The van der Waals surface area contributed by atoms with Gasteiger partial charge in [0.15, 0.2) is 0 Å². The summed E-state index contributed by atoms with van der Waals surface area (Å²) in [5, 5.41) is 4.35. The Bertz CT molecular complexity index is 634. The first-order valence-electron chi connectivity index (χ1n) is 6.86. The fraction of sp³-hybridized carbons (Fsp3) is 0.400. The summed E-state index contributed by atoms with van der Waals surface area (Å²) in [6.45, 7) is 5.46. The minimum atomic E-state index is 0.0938. The lowest BCUT2D eigenvalue weighted by Crippen LogP contribution is -2.29. The lowest BCUT2D eigenvalue weighted by molar-refractivity contribution is 0.0786. The van der Waals surface area contributed by atoms with Crippen LogP contribution < -0.4 is 0 Å². The zero-order valence-electron chi connectivity index (χ0n) is 11.8. The van der Waals surface area contributed by atoms with Gasteiger partial charge in [0, 0.05) is 37.2 Å². The third kappa shape index (κ3) is 2.31. The molecule has 20 heavy (non-hydrogen) atoms. The molecular formula is C15H18N4O. The number of pyridine rings is 1. The Morgan fingerprint density at radius 2 is 2.20 bits per heavy atom. The van der Waals surface area contributed by atoms with Crippen molar-refractivity contribution in [3.63, 3.8) is 0 Å². The van der Waals surface area contributed by atoms with Gasteiger partial charge in [-0.15, -0.1) is 0 Å². The molecule has 0 bridgehead atoms. The number of hydrogen-bond donors (Lipinski definition) is 0. The van der Waals surface area contributed by atoms with E-state index in [1.165, 1.54) is 0 Å². The lowest BCUT2D eigenvalue weighted by atomic mass is 10.1. The maximum atomic E-state index is 12.5. The smallest absolute Gasteiger partial charge is 0.254 e. The van der Waals surface area contributed by atoms with Crippen LogP contribution in [-0.2, 0) is 0 Å². The third-order valence-corrected chi connectivity index (χ3v) is 3.81. The number of nitrogens with zero attached hydrogens (tertiary/aromatic N) is 4. The van der Waals surface area contributed by atoms with Crippen LogP contribution in [0.5, 0.6) is 0 Å². The predicted molar refractivity (Wildman–Crippen MR) is 75.5 cm³/mol. The molecule has 1 saturated heterocycles. The molecule has 2 aromatic rings. The number of hydrogen-bond acceptors (Lipinski definition) is 3. The number of aromatic nitrogens is 3. The summed E-state index contributed by atoms with van der Waals surface area (Å²) in [6.07, 6.45) is 8.26. The number of amides is 1. The number of carbonyl (C=O) groups is 1. The summed E-state index contributed by atoms with van der Waals surface area (Å²) in [7, 11) is 0. The molecule has 0 spiro atoms. The van der Waals surface area contributed by atoms with Crippen LogP contribution in [0.4, 0.5) is 0 Å². The molecule has 1 aliphatic rings. The highest BCUT2D eigenvalue weighted by Crippen LogP contribution is 2.23. The van der Waals surface area contributed by atoms with Crippen molar-refractivity contribution in [3.05, 3.63) is 47.5 Å². The van der Waals surface area contributed by atoms with E-state index in [-0.39, 0.29) is 11.9 Å². The van der Waals surface area contributed by atoms with Gasteiger partial charge in [-0.3, -0.25) is 14.5 Å². The molecule has 1 aliphatic heterocycles. The first kappa shape index (κ1) is 12.8. The minimum Gasteiger partial charge on any atom is -0.336 e. The maximum Gasteiger partial charge on any atom is 0.254 e. The largest absolute Gasteiger partial charge is 0.336 e. The minimum absolute atomic E-state index is 0.0938. The van der Waals surface area contributed by atoms with E-state index in [2.05, 4.69) is 10.1 Å². The number of rotatable bonds is 2. The van der Waals surface area contributed by atoms with Gasteiger partial charge in [-0.2, -0.15) is 5.10 Å². The highest BCUT2D eigenvalue weighted by Gasteiger charge is 2.28. The van der Waals surface area contributed by atoms with Crippen molar-refractivity contribution in [2.24, 2.45) is 0 Å². The normalized spacial score (nSPS) is 18.5. The average Bonchev–Trinajstić information content (AvgIpc) is 3.07. The van der Waals surface area contributed by atoms with Gasteiger partial charge in [0.05, 0.1) is 12.2 Å². The molecule has 5 heteroatoms. The Morgan fingerprint density at radius 1 is 1.35 bits per heavy atom. The van der Waals surface area contributed by atoms with Crippen molar-refractivity contribution < 1.29 is 4.79 Å². The topological polar surface area (TPSA) is 51.0 Å². The second-order valence-electron chi connectivity index (χ2n) is 5.38. The Kier molecular flexibility index (Phi) is 3.26. The van der Waals surface area contributed by atoms with E-state index in [4.69, 9.17) is 0 Å². The monoisotopic (exact) mass is 270 g/mol. The molecule has 0 radical (unpaired) electrons. The lowest BCUT2D eigenvalue weighted by Gasteiger charge is -2.17. The van der Waals surface area contributed by atoms with Gasteiger partial charge in [0.2, 0.25) is 0 Å². The van der Waals surface area contributed by atoms with Crippen LogP contribution in [0.3, 0.4) is 0 Å². The Hall–Kier alpha value is -2.17. The highest BCUT2D eigenvalue weighted by atomic mass is 16.2. The first-order chi connectivity index (χ1) is 9.65. The van der Waals surface area contributed by atoms with E-state index in [1.807, 2.05) is 35.8 Å². The van der Waals surface area contributed by atoms with E-state index in [0.29, 0.717) is 0 Å². The first-order valence-corrected chi connectivity index (χ1v) is 6.86. The van der Waals surface area contributed by atoms with Crippen LogP contribution in [0.15, 0.2) is 30.9 Å². The average molecular weight is 270 g/mol. The van der Waals surface area contributed by atoms with E-state index >= 15 is 0 Å². The van der Waals surface area contributed by atoms with Gasteiger partial charge >= 0.3 is 0 Å². The van der Waals surface area contributed by atoms with Crippen LogP contribution >= 0.6 is 0 Å². The van der Waals surface area contributed by atoms with Crippen LogP contribution in [-0.4, -0.2) is 38.7 Å². The van der Waals surface area contributed by atoms with Crippen molar-refractivity contribution in [2.45, 2.75) is 26.3 Å². The molecule has 104 valence electrons. The van der Waals surface area contributed by atoms with Gasteiger partial charge < -0.3 is 4.90 Å². The Morgan fingerprint density at radius 3 is 2.90 bits per heavy atom. The summed E-state index contributed by atoms with van der Waals surface area (Å²) in [5.74, 6) is 0.0938. The van der Waals surface area contributed by atoms with Crippen molar-refractivity contribution in [2.75, 3.05) is 13.1 Å². The molecule has 0 aromatic carbocycles. The molecule has 2 aromatic heterocycles. The summed E-state index contributed by atoms with van der Waals surface area (Å²) in [6, 6.07) is 2.08. The number of carbonyl (C=O) groups excluding carboxylic acids is 1. The second kappa shape index (κ2) is 5.07. The zero-order chi connectivity index (χ0) is 14.1. The van der Waals surface area contributed by atoms with Crippen LogP contribution in [0, 0.1) is 13.8 Å². The van der Waals surface area contributed by atoms with Gasteiger partial charge in [-0.1, -0.05) is 0 Å².